The molecule has 102 valence electrons. The van der Waals surface area contributed by atoms with Crippen LogP contribution in [0.25, 0.3) is 10.9 Å². The van der Waals surface area contributed by atoms with Gasteiger partial charge in [0, 0.05) is 5.39 Å². The minimum atomic E-state index is -0.0724. The van der Waals surface area contributed by atoms with Crippen molar-refractivity contribution in [2.75, 3.05) is 11.1 Å². The van der Waals surface area contributed by atoms with Gasteiger partial charge in [-0.15, -0.1) is 0 Å². The van der Waals surface area contributed by atoms with Crippen molar-refractivity contribution in [1.82, 2.24) is 9.97 Å². The molecule has 0 fully saturated rings. The van der Waals surface area contributed by atoms with Crippen LogP contribution in [0, 0.1) is 6.92 Å². The Bertz CT molecular complexity index is 750. The van der Waals surface area contributed by atoms with Crippen LogP contribution in [0.5, 0.6) is 0 Å². The molecule has 0 aliphatic heterocycles. The average molecular weight is 268 g/mol. The average Bonchev–Trinajstić information content (AvgIpc) is 2.89. The van der Waals surface area contributed by atoms with Gasteiger partial charge >= 0.3 is 0 Å². The number of para-hydroxylation sites is 1. The second-order valence-corrected chi connectivity index (χ2v) is 4.78. The van der Waals surface area contributed by atoms with Gasteiger partial charge in [-0.3, -0.25) is 4.98 Å². The lowest BCUT2D eigenvalue weighted by Crippen LogP contribution is -2.09. The summed E-state index contributed by atoms with van der Waals surface area (Å²) in [4.78, 5) is 8.56. The van der Waals surface area contributed by atoms with E-state index in [0.29, 0.717) is 11.6 Å². The summed E-state index contributed by atoms with van der Waals surface area (Å²) in [7, 11) is 0. The molecule has 0 bridgehead atoms. The quantitative estimate of drug-likeness (QED) is 0.762. The van der Waals surface area contributed by atoms with E-state index in [2.05, 4.69) is 15.3 Å². The Labute approximate surface area is 116 Å². The van der Waals surface area contributed by atoms with Gasteiger partial charge in [-0.1, -0.05) is 18.2 Å². The van der Waals surface area contributed by atoms with Gasteiger partial charge in [-0.05, 0) is 19.9 Å². The Kier molecular flexibility index (Phi) is 3.02. The number of hydrogen-bond acceptors (Lipinski definition) is 5. The second kappa shape index (κ2) is 4.85. The predicted molar refractivity (Wildman–Crippen MR) is 79.4 cm³/mol. The van der Waals surface area contributed by atoms with Crippen LogP contribution < -0.4 is 11.1 Å². The van der Waals surface area contributed by atoms with Crippen molar-refractivity contribution >= 4 is 22.3 Å². The van der Waals surface area contributed by atoms with Crippen molar-refractivity contribution in [3.63, 3.8) is 0 Å². The third kappa shape index (κ3) is 2.18. The lowest BCUT2D eigenvalue weighted by molar-refractivity contribution is 0.454. The Balaban J connectivity index is 2.00. The van der Waals surface area contributed by atoms with Gasteiger partial charge in [0.15, 0.2) is 0 Å². The molecule has 20 heavy (non-hydrogen) atoms. The van der Waals surface area contributed by atoms with Gasteiger partial charge in [0.05, 0.1) is 29.3 Å². The number of fused-ring (bicyclic) bond motifs is 1. The number of anilines is 2. The standard InChI is InChI=1S/C15H16N4O/c1-9-7-18-15(20-9)10(2)19-14-11-5-3-4-6-13(11)17-8-12(14)16/h3-8,10H,16H2,1-2H3,(H,17,19). The van der Waals surface area contributed by atoms with Crippen LogP contribution in [0.15, 0.2) is 41.1 Å². The Morgan fingerprint density at radius 3 is 2.75 bits per heavy atom. The van der Waals surface area contributed by atoms with Gasteiger partial charge in [0.1, 0.15) is 11.8 Å². The highest BCUT2D eigenvalue weighted by Gasteiger charge is 2.14. The molecule has 5 nitrogen and oxygen atoms in total. The van der Waals surface area contributed by atoms with Crippen LogP contribution in [0.1, 0.15) is 24.6 Å². The van der Waals surface area contributed by atoms with Gasteiger partial charge in [-0.2, -0.15) is 0 Å². The molecule has 0 aliphatic carbocycles. The van der Waals surface area contributed by atoms with Crippen molar-refractivity contribution in [3.05, 3.63) is 48.3 Å². The summed E-state index contributed by atoms with van der Waals surface area (Å²) in [6.45, 7) is 3.86. The van der Waals surface area contributed by atoms with Gasteiger partial charge in [-0.25, -0.2) is 4.98 Å². The smallest absolute Gasteiger partial charge is 0.216 e. The van der Waals surface area contributed by atoms with E-state index < -0.39 is 0 Å². The topological polar surface area (TPSA) is 77.0 Å². The molecule has 0 aliphatic rings. The van der Waals surface area contributed by atoms with E-state index in [0.717, 1.165) is 22.4 Å². The zero-order chi connectivity index (χ0) is 14.1. The minimum absolute atomic E-state index is 0.0724. The summed E-state index contributed by atoms with van der Waals surface area (Å²) >= 11 is 0. The van der Waals surface area contributed by atoms with Crippen molar-refractivity contribution < 1.29 is 4.42 Å². The van der Waals surface area contributed by atoms with E-state index in [1.54, 1.807) is 12.4 Å². The highest BCUT2D eigenvalue weighted by atomic mass is 16.4. The Hall–Kier alpha value is -2.56. The molecule has 1 unspecified atom stereocenters. The summed E-state index contributed by atoms with van der Waals surface area (Å²) in [6.07, 6.45) is 3.37. The highest BCUT2D eigenvalue weighted by molar-refractivity contribution is 5.96. The number of nitrogens with two attached hydrogens (primary N) is 1. The number of rotatable bonds is 3. The van der Waals surface area contributed by atoms with Crippen molar-refractivity contribution in [3.8, 4) is 0 Å². The number of benzene rings is 1. The lowest BCUT2D eigenvalue weighted by atomic mass is 10.1. The number of aryl methyl sites for hydroxylation is 1. The third-order valence-corrected chi connectivity index (χ3v) is 3.18. The predicted octanol–water partition coefficient (Wildman–Crippen LogP) is 3.29. The summed E-state index contributed by atoms with van der Waals surface area (Å²) in [5.74, 6) is 1.43. The first-order chi connectivity index (χ1) is 9.65. The molecule has 5 heteroatoms. The number of oxazole rings is 1. The van der Waals surface area contributed by atoms with Crippen LogP contribution >= 0.6 is 0 Å². The molecule has 3 rings (SSSR count). The van der Waals surface area contributed by atoms with Crippen molar-refractivity contribution in [2.45, 2.75) is 19.9 Å². The number of hydrogen-bond donors (Lipinski definition) is 2. The zero-order valence-electron chi connectivity index (χ0n) is 11.4. The fourth-order valence-corrected chi connectivity index (χ4v) is 2.17. The summed E-state index contributed by atoms with van der Waals surface area (Å²) < 4.78 is 5.54. The van der Waals surface area contributed by atoms with E-state index >= 15 is 0 Å². The molecule has 0 saturated carbocycles. The van der Waals surface area contributed by atoms with E-state index in [-0.39, 0.29) is 6.04 Å². The molecule has 3 aromatic rings. The largest absolute Gasteiger partial charge is 0.444 e. The second-order valence-electron chi connectivity index (χ2n) is 4.78. The molecule has 0 saturated heterocycles. The highest BCUT2D eigenvalue weighted by Crippen LogP contribution is 2.30. The number of pyridine rings is 1. The van der Waals surface area contributed by atoms with Gasteiger partial charge in [0.2, 0.25) is 5.89 Å². The number of nitrogen functional groups attached to an aromatic ring is 1. The van der Waals surface area contributed by atoms with E-state index in [1.807, 2.05) is 38.1 Å². The first-order valence-electron chi connectivity index (χ1n) is 6.47. The lowest BCUT2D eigenvalue weighted by Gasteiger charge is -2.16. The maximum atomic E-state index is 6.04. The van der Waals surface area contributed by atoms with Crippen molar-refractivity contribution in [1.29, 1.82) is 0 Å². The molecule has 1 atom stereocenters. The van der Waals surface area contributed by atoms with E-state index in [9.17, 15) is 0 Å². The molecule has 0 amide bonds. The van der Waals surface area contributed by atoms with Crippen molar-refractivity contribution in [2.24, 2.45) is 0 Å². The fraction of sp³-hybridized carbons (Fsp3) is 0.200. The normalized spacial score (nSPS) is 12.5. The zero-order valence-corrected chi connectivity index (χ0v) is 11.4. The molecule has 2 aromatic heterocycles. The maximum absolute atomic E-state index is 6.04. The van der Waals surface area contributed by atoms with Crippen LogP contribution in [-0.4, -0.2) is 9.97 Å². The van der Waals surface area contributed by atoms with Gasteiger partial charge in [0.25, 0.3) is 0 Å². The Morgan fingerprint density at radius 2 is 2.00 bits per heavy atom. The van der Waals surface area contributed by atoms with Gasteiger partial charge < -0.3 is 15.5 Å². The molecule has 3 N–H and O–H groups in total. The Morgan fingerprint density at radius 1 is 1.20 bits per heavy atom. The first-order valence-corrected chi connectivity index (χ1v) is 6.47. The van der Waals surface area contributed by atoms with Crippen LogP contribution in [0.3, 0.4) is 0 Å². The molecular weight excluding hydrogens is 252 g/mol. The number of nitrogens with zero attached hydrogens (tertiary/aromatic N) is 2. The van der Waals surface area contributed by atoms with Crippen LogP contribution in [-0.2, 0) is 0 Å². The van der Waals surface area contributed by atoms with Crippen LogP contribution in [0.2, 0.25) is 0 Å². The molecule has 0 radical (unpaired) electrons. The molecular formula is C15H16N4O. The molecule has 0 spiro atoms. The summed E-state index contributed by atoms with van der Waals surface area (Å²) in [5, 5.41) is 4.35. The third-order valence-electron chi connectivity index (χ3n) is 3.18. The SMILES string of the molecule is Cc1cnc(C(C)Nc2c(N)cnc3ccccc23)o1. The minimum Gasteiger partial charge on any atom is -0.444 e. The van der Waals surface area contributed by atoms with E-state index in [1.165, 1.54) is 0 Å². The van der Waals surface area contributed by atoms with Crippen LogP contribution in [0.4, 0.5) is 11.4 Å². The number of aromatic nitrogens is 2. The maximum Gasteiger partial charge on any atom is 0.216 e. The molecule has 2 heterocycles. The summed E-state index contributed by atoms with van der Waals surface area (Å²) in [5.41, 5.74) is 8.42. The van der Waals surface area contributed by atoms with E-state index in [4.69, 9.17) is 10.2 Å². The first kappa shape index (κ1) is 12.5. The summed E-state index contributed by atoms with van der Waals surface area (Å²) in [6, 6.07) is 7.80. The fourth-order valence-electron chi connectivity index (χ4n) is 2.17. The number of nitrogens with one attached hydrogen (secondary N) is 1. The monoisotopic (exact) mass is 268 g/mol. The molecule has 1 aromatic carbocycles.